The fourth-order valence-corrected chi connectivity index (χ4v) is 12.6. The number of carbonyl (C=O) groups is 9. The number of benzene rings is 6. The van der Waals surface area contributed by atoms with E-state index >= 15 is 0 Å². The number of carbonyl (C=O) groups excluding carboxylic acids is 9. The highest BCUT2D eigenvalue weighted by Gasteiger charge is 2.47. The molecule has 0 bridgehead atoms. The third-order valence-corrected chi connectivity index (χ3v) is 18.3. The first-order valence-corrected chi connectivity index (χ1v) is 34.1. The molecule has 9 N–H and O–H groups in total. The minimum absolute atomic E-state index is 0.00705. The Hall–Kier alpha value is -10.1. The molecular formula is C78H96N10O10. The summed E-state index contributed by atoms with van der Waals surface area (Å²) in [5, 5.41) is 20.7. The van der Waals surface area contributed by atoms with Crippen molar-refractivity contribution < 1.29 is 47.9 Å². The predicted octanol–water partition coefficient (Wildman–Crippen LogP) is 8.91. The summed E-state index contributed by atoms with van der Waals surface area (Å²) >= 11 is 0. The van der Waals surface area contributed by atoms with Crippen molar-refractivity contribution in [2.75, 3.05) is 13.1 Å². The Balaban J connectivity index is 0.972. The molecule has 8 rings (SSSR count). The average Bonchev–Trinajstić information content (AvgIpc) is 0.763. The van der Waals surface area contributed by atoms with Crippen molar-refractivity contribution in [2.45, 2.75) is 174 Å². The second-order valence-corrected chi connectivity index (χ2v) is 26.8. The number of hydrogen-bond donors (Lipinski definition) is 8. The SMILES string of the molecule is C=C(N)c1ccc(CNC(=O)[C@@H]2CCN2C(=O)[C@@H](C2CCCCC2)N(CC(=O)NCc2ccc(CNC(=O)[C@H](CCC(=O)NC(c3ccccc3)(c3ccccc3)c3ccccc3)NC(=O)[C@@H](NC(=O)[C@H](Cc3ccc(C)cc3)NC(C)=O)C(C)CC)cc2)C(=O)OC(C)(C)C)cc1. The number of aryl methyl sites for hydroxylation is 1. The first-order valence-electron chi connectivity index (χ1n) is 34.1. The maximum atomic E-state index is 14.9. The van der Waals surface area contributed by atoms with Gasteiger partial charge in [-0.1, -0.05) is 215 Å². The van der Waals surface area contributed by atoms with Crippen molar-refractivity contribution >= 4 is 59.0 Å². The van der Waals surface area contributed by atoms with E-state index in [9.17, 15) is 43.2 Å². The van der Waals surface area contributed by atoms with Gasteiger partial charge >= 0.3 is 6.09 Å². The van der Waals surface area contributed by atoms with Crippen molar-refractivity contribution in [3.63, 3.8) is 0 Å². The number of nitrogens with two attached hydrogens (primary N) is 1. The molecule has 1 saturated heterocycles. The number of rotatable bonds is 30. The standard InChI is InChI=1S/C78H96N10O10/c1-9-52(3)69(85-72(93)65(83-54(5)89)46-55-32-30-51(2)31-33-55)74(95)84-64(42-43-67(90)86-78(61-24-16-11-17-25-61,62-26-18-12-19-27-62)63-28-20-13-21-29-63)71(92)81-48-57-36-34-56(35-37-57)47-80-68(91)50-88(76(97)98-77(6,7)8)70(60-22-14-10-15-23-60)75(96)87-45-44-66(87)73(94)82-49-58-38-40-59(41-39-58)53(4)79/h11-13,16-21,24-41,52,60,64-66,69-70H,4,9-10,14-15,22-23,42-50,79H2,1-3,5-8H3,(H,80,91)(H,81,92)(H,82,94)(H,83,89)(H,84,95)(H,85,93)(H,86,90)/t52?,64-,65-,66-,69-,70+/m0/s1. The van der Waals surface area contributed by atoms with Crippen LogP contribution in [0.25, 0.3) is 5.70 Å². The van der Waals surface area contributed by atoms with E-state index in [-0.39, 0.29) is 50.7 Å². The Labute approximate surface area is 576 Å². The van der Waals surface area contributed by atoms with E-state index in [0.29, 0.717) is 49.1 Å². The summed E-state index contributed by atoms with van der Waals surface area (Å²) in [4.78, 5) is 131. The number of likely N-dealkylation sites (tertiary alicyclic amines) is 1. The van der Waals surface area contributed by atoms with Gasteiger partial charge in [0, 0.05) is 51.6 Å². The van der Waals surface area contributed by atoms with Crippen molar-refractivity contribution in [1.29, 1.82) is 0 Å². The molecule has 98 heavy (non-hydrogen) atoms. The summed E-state index contributed by atoms with van der Waals surface area (Å²) in [6.45, 7) is 15.9. The van der Waals surface area contributed by atoms with Gasteiger partial charge in [0.25, 0.3) is 0 Å². The molecule has 1 heterocycles. The molecule has 0 spiro atoms. The van der Waals surface area contributed by atoms with E-state index < -0.39 is 101 Å². The van der Waals surface area contributed by atoms with Gasteiger partial charge in [0.05, 0.1) is 0 Å². The predicted molar refractivity (Wildman–Crippen MR) is 377 cm³/mol. The minimum Gasteiger partial charge on any atom is -0.444 e. The van der Waals surface area contributed by atoms with Gasteiger partial charge in [-0.2, -0.15) is 0 Å². The molecule has 518 valence electrons. The van der Waals surface area contributed by atoms with Crippen molar-refractivity contribution in [3.8, 4) is 0 Å². The van der Waals surface area contributed by atoms with E-state index in [1.54, 1.807) is 52.0 Å². The highest BCUT2D eigenvalue weighted by molar-refractivity contribution is 5.96. The number of nitrogens with zero attached hydrogens (tertiary/aromatic N) is 2. The molecule has 1 saturated carbocycles. The van der Waals surface area contributed by atoms with Gasteiger partial charge in [-0.05, 0) is 110 Å². The number of ether oxygens (including phenoxy) is 1. The molecule has 9 amide bonds. The highest BCUT2D eigenvalue weighted by atomic mass is 16.6. The van der Waals surface area contributed by atoms with Crippen LogP contribution in [0.15, 0.2) is 170 Å². The van der Waals surface area contributed by atoms with Gasteiger partial charge in [-0.25, -0.2) is 4.79 Å². The molecule has 1 aliphatic heterocycles. The molecule has 6 aromatic rings. The molecule has 6 aromatic carbocycles. The van der Waals surface area contributed by atoms with Gasteiger partial charge in [-0.3, -0.25) is 43.3 Å². The third kappa shape index (κ3) is 20.2. The topological polar surface area (TPSA) is 280 Å². The molecule has 0 radical (unpaired) electrons. The van der Waals surface area contributed by atoms with Gasteiger partial charge in [0.1, 0.15) is 47.9 Å². The van der Waals surface area contributed by atoms with E-state index in [1.165, 1.54) is 16.7 Å². The van der Waals surface area contributed by atoms with Gasteiger partial charge in [0.2, 0.25) is 47.3 Å². The summed E-state index contributed by atoms with van der Waals surface area (Å²) in [5.74, 6) is -4.70. The van der Waals surface area contributed by atoms with Crippen molar-refractivity contribution in [1.82, 2.24) is 47.0 Å². The van der Waals surface area contributed by atoms with Crippen LogP contribution in [0, 0.1) is 18.8 Å². The zero-order chi connectivity index (χ0) is 70.5. The molecule has 20 heteroatoms. The second kappa shape index (κ2) is 34.7. The number of amides is 9. The summed E-state index contributed by atoms with van der Waals surface area (Å²) in [5.41, 5.74) is 11.3. The third-order valence-electron chi connectivity index (χ3n) is 18.3. The highest BCUT2D eigenvalue weighted by Crippen LogP contribution is 2.38. The monoisotopic (exact) mass is 1330 g/mol. The summed E-state index contributed by atoms with van der Waals surface area (Å²) in [7, 11) is 0. The van der Waals surface area contributed by atoms with Crippen LogP contribution in [-0.4, -0.2) is 112 Å². The lowest BCUT2D eigenvalue weighted by Crippen LogP contribution is -2.65. The Morgan fingerprint density at radius 3 is 1.63 bits per heavy atom. The van der Waals surface area contributed by atoms with Crippen LogP contribution < -0.4 is 43.0 Å². The Bertz CT molecular complexity index is 3610. The molecule has 0 aromatic heterocycles. The lowest BCUT2D eigenvalue weighted by molar-refractivity contribution is -0.154. The molecule has 6 atom stereocenters. The molecular weight excluding hydrogens is 1240 g/mol. The van der Waals surface area contributed by atoms with Crippen LogP contribution >= 0.6 is 0 Å². The van der Waals surface area contributed by atoms with E-state index in [2.05, 4.69) is 43.8 Å². The normalized spacial score (nSPS) is 15.4. The first kappa shape index (κ1) is 73.7. The van der Waals surface area contributed by atoms with E-state index in [4.69, 9.17) is 10.5 Å². The molecule has 20 nitrogen and oxygen atoms in total. The zero-order valence-corrected chi connectivity index (χ0v) is 57.5. The second-order valence-electron chi connectivity index (χ2n) is 26.8. The van der Waals surface area contributed by atoms with Crippen LogP contribution in [0.5, 0.6) is 0 Å². The van der Waals surface area contributed by atoms with Crippen LogP contribution in [0.1, 0.15) is 149 Å². The molecule has 1 aliphatic carbocycles. The fourth-order valence-electron chi connectivity index (χ4n) is 12.6. The quantitative estimate of drug-likeness (QED) is 0.0197. The van der Waals surface area contributed by atoms with Crippen LogP contribution in [-0.2, 0) is 74.7 Å². The Kier molecular flexibility index (Phi) is 26.1. The lowest BCUT2D eigenvalue weighted by Gasteiger charge is -2.46. The van der Waals surface area contributed by atoms with Gasteiger partial charge < -0.3 is 52.6 Å². The van der Waals surface area contributed by atoms with Crippen LogP contribution in [0.2, 0.25) is 0 Å². The molecule has 2 aliphatic rings. The lowest BCUT2D eigenvalue weighted by atomic mass is 9.77. The fraction of sp³-hybridized carbons (Fsp3) is 0.397. The van der Waals surface area contributed by atoms with Crippen molar-refractivity contribution in [2.24, 2.45) is 17.6 Å². The summed E-state index contributed by atoms with van der Waals surface area (Å²) < 4.78 is 5.90. The molecule has 2 fully saturated rings. The Morgan fingerprint density at radius 2 is 1.13 bits per heavy atom. The maximum Gasteiger partial charge on any atom is 0.411 e. The van der Waals surface area contributed by atoms with Gasteiger partial charge in [0.15, 0.2) is 0 Å². The van der Waals surface area contributed by atoms with Crippen LogP contribution in [0.3, 0.4) is 0 Å². The van der Waals surface area contributed by atoms with Gasteiger partial charge in [-0.15, -0.1) is 0 Å². The van der Waals surface area contributed by atoms with E-state index in [1.807, 2.05) is 153 Å². The van der Waals surface area contributed by atoms with E-state index in [0.717, 1.165) is 58.2 Å². The number of hydrogen-bond acceptors (Lipinski definition) is 11. The maximum absolute atomic E-state index is 14.9. The Morgan fingerprint density at radius 1 is 0.612 bits per heavy atom. The summed E-state index contributed by atoms with van der Waals surface area (Å²) in [6, 6.07) is 45.5. The van der Waals surface area contributed by atoms with Crippen molar-refractivity contribution in [3.05, 3.63) is 220 Å². The molecule has 1 unspecified atom stereocenters. The largest absolute Gasteiger partial charge is 0.444 e. The number of nitrogens with one attached hydrogen (secondary N) is 7. The van der Waals surface area contributed by atoms with Crippen LogP contribution in [0.4, 0.5) is 4.79 Å². The first-order chi connectivity index (χ1) is 46.9. The average molecular weight is 1330 g/mol. The zero-order valence-electron chi connectivity index (χ0n) is 57.5. The minimum atomic E-state index is -1.29. The smallest absolute Gasteiger partial charge is 0.411 e. The summed E-state index contributed by atoms with van der Waals surface area (Å²) in [6.07, 6.45) is 3.77.